The first-order chi connectivity index (χ1) is 12.4. The number of fused-ring (bicyclic) bond motifs is 1. The first-order valence-corrected chi connectivity index (χ1v) is 10.3. The number of rotatable bonds is 5. The van der Waals surface area contributed by atoms with Gasteiger partial charge in [-0.05, 0) is 38.7 Å². The Labute approximate surface area is 152 Å². The lowest BCUT2D eigenvalue weighted by Gasteiger charge is -2.36. The molecule has 9 nitrogen and oxygen atoms in total. The van der Waals surface area contributed by atoms with Crippen LogP contribution in [0.1, 0.15) is 39.5 Å². The summed E-state index contributed by atoms with van der Waals surface area (Å²) in [6, 6.07) is 1.26. The molecule has 2 aromatic rings. The lowest BCUT2D eigenvalue weighted by Crippen LogP contribution is -2.55. The molecule has 3 heterocycles. The maximum absolute atomic E-state index is 12.7. The van der Waals surface area contributed by atoms with Crippen molar-refractivity contribution in [2.45, 2.75) is 50.9 Å². The number of urea groups is 1. The molecule has 2 aromatic heterocycles. The minimum Gasteiger partial charge on any atom is -0.345 e. The topological polar surface area (TPSA) is 120 Å². The monoisotopic (exact) mass is 380 g/mol. The summed E-state index contributed by atoms with van der Waals surface area (Å²) in [4.78, 5) is 23.7. The molecule has 0 aliphatic carbocycles. The van der Waals surface area contributed by atoms with E-state index in [1.165, 1.54) is 10.5 Å². The van der Waals surface area contributed by atoms with Crippen molar-refractivity contribution in [3.05, 3.63) is 18.5 Å². The van der Waals surface area contributed by atoms with Gasteiger partial charge in [0.05, 0.1) is 17.6 Å². The Hall–Kier alpha value is -2.20. The second kappa shape index (κ2) is 7.58. The molecule has 3 rings (SSSR count). The highest BCUT2D eigenvalue weighted by Crippen LogP contribution is 2.22. The van der Waals surface area contributed by atoms with Gasteiger partial charge < -0.3 is 10.3 Å². The van der Waals surface area contributed by atoms with Gasteiger partial charge in [0.1, 0.15) is 5.52 Å². The molecule has 0 radical (unpaired) electrons. The Bertz CT molecular complexity index is 881. The molecular weight excluding hydrogens is 356 g/mol. The summed E-state index contributed by atoms with van der Waals surface area (Å²) in [6.07, 6.45) is 5.40. The average molecular weight is 380 g/mol. The zero-order chi connectivity index (χ0) is 18.7. The number of anilines is 1. The smallest absolute Gasteiger partial charge is 0.321 e. The van der Waals surface area contributed by atoms with Crippen molar-refractivity contribution in [3.8, 4) is 0 Å². The van der Waals surface area contributed by atoms with Crippen LogP contribution in [0.15, 0.2) is 18.5 Å². The second-order valence-corrected chi connectivity index (χ2v) is 8.76. The number of carbonyl (C=O) groups excluding carboxylic acids is 1. The van der Waals surface area contributed by atoms with Crippen molar-refractivity contribution in [2.24, 2.45) is 0 Å². The molecule has 2 amide bonds. The number of piperidine rings is 1. The number of hydrogen-bond donors (Lipinski definition) is 3. The number of H-pyrrole nitrogens is 1. The third-order valence-corrected chi connectivity index (χ3v) is 7.11. The Morgan fingerprint density at radius 3 is 3.04 bits per heavy atom. The summed E-state index contributed by atoms with van der Waals surface area (Å²) in [5.41, 5.74) is 1.27. The third kappa shape index (κ3) is 3.80. The Morgan fingerprint density at radius 1 is 1.46 bits per heavy atom. The van der Waals surface area contributed by atoms with Crippen LogP contribution in [0.2, 0.25) is 0 Å². The van der Waals surface area contributed by atoms with Crippen molar-refractivity contribution >= 4 is 33.0 Å². The van der Waals surface area contributed by atoms with Gasteiger partial charge in [-0.25, -0.2) is 23.2 Å². The summed E-state index contributed by atoms with van der Waals surface area (Å²) in [6.45, 7) is 3.96. The van der Waals surface area contributed by atoms with Crippen molar-refractivity contribution in [1.82, 2.24) is 24.6 Å². The summed E-state index contributed by atoms with van der Waals surface area (Å²) in [7, 11) is -3.44. The van der Waals surface area contributed by atoms with Gasteiger partial charge in [0.25, 0.3) is 0 Å². The molecule has 1 saturated heterocycles. The fourth-order valence-corrected chi connectivity index (χ4v) is 4.77. The SMILES string of the molecule is CCC(C)S(=O)(=O)N1CCCCC1NC(=O)Nc1cnc2[nH]ccc2n1. The zero-order valence-corrected chi connectivity index (χ0v) is 15.7. The highest BCUT2D eigenvalue weighted by atomic mass is 32.2. The molecule has 2 atom stereocenters. The number of sulfonamides is 1. The van der Waals surface area contributed by atoms with E-state index in [1.807, 2.05) is 6.92 Å². The van der Waals surface area contributed by atoms with E-state index in [9.17, 15) is 13.2 Å². The Kier molecular flexibility index (Phi) is 5.42. The van der Waals surface area contributed by atoms with Crippen LogP contribution in [0.4, 0.5) is 10.6 Å². The minimum atomic E-state index is -3.44. The van der Waals surface area contributed by atoms with E-state index in [0.29, 0.717) is 36.4 Å². The fraction of sp³-hybridized carbons (Fsp3) is 0.562. The molecule has 26 heavy (non-hydrogen) atoms. The molecule has 0 saturated carbocycles. The quantitative estimate of drug-likeness (QED) is 0.733. The number of nitrogens with zero attached hydrogens (tertiary/aromatic N) is 3. The van der Waals surface area contributed by atoms with Crippen LogP contribution in [0.25, 0.3) is 11.2 Å². The molecule has 2 unspecified atom stereocenters. The van der Waals surface area contributed by atoms with E-state index in [0.717, 1.165) is 12.8 Å². The number of amides is 2. The van der Waals surface area contributed by atoms with Crippen molar-refractivity contribution in [1.29, 1.82) is 0 Å². The van der Waals surface area contributed by atoms with Gasteiger partial charge in [-0.3, -0.25) is 5.32 Å². The molecule has 0 bridgehead atoms. The summed E-state index contributed by atoms with van der Waals surface area (Å²) >= 11 is 0. The largest absolute Gasteiger partial charge is 0.345 e. The highest BCUT2D eigenvalue weighted by Gasteiger charge is 2.36. The van der Waals surface area contributed by atoms with Crippen LogP contribution >= 0.6 is 0 Å². The Morgan fingerprint density at radius 2 is 2.27 bits per heavy atom. The van der Waals surface area contributed by atoms with E-state index >= 15 is 0 Å². The van der Waals surface area contributed by atoms with Gasteiger partial charge in [-0.2, -0.15) is 4.31 Å². The summed E-state index contributed by atoms with van der Waals surface area (Å²) in [5, 5.41) is 4.92. The third-order valence-electron chi connectivity index (χ3n) is 4.66. The summed E-state index contributed by atoms with van der Waals surface area (Å²) < 4.78 is 26.8. The molecule has 10 heteroatoms. The van der Waals surface area contributed by atoms with Crippen molar-refractivity contribution < 1.29 is 13.2 Å². The molecule has 1 aliphatic rings. The van der Waals surface area contributed by atoms with Crippen molar-refractivity contribution in [3.63, 3.8) is 0 Å². The molecule has 0 aromatic carbocycles. The minimum absolute atomic E-state index is 0.307. The highest BCUT2D eigenvalue weighted by molar-refractivity contribution is 7.89. The van der Waals surface area contributed by atoms with E-state index in [4.69, 9.17) is 0 Å². The average Bonchev–Trinajstić information content (AvgIpc) is 3.09. The molecule has 142 valence electrons. The first-order valence-electron chi connectivity index (χ1n) is 8.80. The molecule has 1 fully saturated rings. The predicted octanol–water partition coefficient (Wildman–Crippen LogP) is 2.02. The van der Waals surface area contributed by atoms with E-state index in [-0.39, 0.29) is 0 Å². The van der Waals surface area contributed by atoms with E-state index in [1.54, 1.807) is 19.2 Å². The molecule has 1 aliphatic heterocycles. The number of hydrogen-bond acceptors (Lipinski definition) is 5. The van der Waals surface area contributed by atoms with Crippen LogP contribution in [-0.2, 0) is 10.0 Å². The van der Waals surface area contributed by atoms with E-state index < -0.39 is 27.5 Å². The Balaban J connectivity index is 1.69. The zero-order valence-electron chi connectivity index (χ0n) is 14.9. The fourth-order valence-electron chi connectivity index (χ4n) is 2.99. The second-order valence-electron chi connectivity index (χ2n) is 6.45. The van der Waals surface area contributed by atoms with Crippen molar-refractivity contribution in [2.75, 3.05) is 11.9 Å². The van der Waals surface area contributed by atoms with Crippen LogP contribution < -0.4 is 10.6 Å². The molecule has 3 N–H and O–H groups in total. The first kappa shape index (κ1) is 18.6. The lowest BCUT2D eigenvalue weighted by molar-refractivity contribution is 0.204. The number of nitrogens with one attached hydrogen (secondary N) is 3. The van der Waals surface area contributed by atoms with Gasteiger partial charge in [0.2, 0.25) is 10.0 Å². The van der Waals surface area contributed by atoms with E-state index in [2.05, 4.69) is 25.6 Å². The van der Waals surface area contributed by atoms with Crippen LogP contribution in [-0.4, -0.2) is 51.7 Å². The molecular formula is C16H24N6O3S. The lowest BCUT2D eigenvalue weighted by atomic mass is 10.1. The van der Waals surface area contributed by atoms with Gasteiger partial charge >= 0.3 is 6.03 Å². The maximum Gasteiger partial charge on any atom is 0.321 e. The van der Waals surface area contributed by atoms with Gasteiger partial charge in [-0.1, -0.05) is 6.92 Å². The molecule has 0 spiro atoms. The van der Waals surface area contributed by atoms with Gasteiger partial charge in [0.15, 0.2) is 11.5 Å². The normalized spacial score (nSPS) is 20.0. The van der Waals surface area contributed by atoms with Crippen LogP contribution in [0.5, 0.6) is 0 Å². The van der Waals surface area contributed by atoms with Gasteiger partial charge in [-0.15, -0.1) is 0 Å². The standard InChI is InChI=1S/C16H24N6O3S/c1-3-11(2)26(24,25)22-9-5-4-6-14(22)21-16(23)20-13-10-18-15-12(19-13)7-8-17-15/h7-8,10-11,14H,3-6,9H2,1-2H3,(H,17,18)(H2,19,20,21,23). The number of aromatic amines is 1. The number of aromatic nitrogens is 3. The number of carbonyl (C=O) groups is 1. The summed E-state index contributed by atoms with van der Waals surface area (Å²) in [5.74, 6) is 0.307. The van der Waals surface area contributed by atoms with Gasteiger partial charge in [0, 0.05) is 12.7 Å². The maximum atomic E-state index is 12.7. The van der Waals surface area contributed by atoms with Crippen LogP contribution in [0, 0.1) is 0 Å². The predicted molar refractivity (Wildman–Crippen MR) is 99.1 cm³/mol. The van der Waals surface area contributed by atoms with Crippen LogP contribution in [0.3, 0.4) is 0 Å².